The molecule has 1 amide bonds. The van der Waals surface area contributed by atoms with Gasteiger partial charge in [0.05, 0.1) is 9.79 Å². The van der Waals surface area contributed by atoms with Crippen LogP contribution in [-0.2, 0) is 9.84 Å². The van der Waals surface area contributed by atoms with E-state index in [-0.39, 0.29) is 27.2 Å². The maximum absolute atomic E-state index is 13.1. The second-order valence-electron chi connectivity index (χ2n) is 10.1. The fraction of sp³-hybridized carbons (Fsp3) is 0.500. The third-order valence-electron chi connectivity index (χ3n) is 8.02. The zero-order chi connectivity index (χ0) is 21.6. The largest absolute Gasteiger partial charge is 0.349 e. The predicted molar refractivity (Wildman–Crippen MR) is 120 cm³/mol. The van der Waals surface area contributed by atoms with Gasteiger partial charge in [-0.05, 0) is 105 Å². The van der Waals surface area contributed by atoms with Crippen molar-refractivity contribution in [3.63, 3.8) is 0 Å². The number of benzene rings is 2. The molecule has 0 saturated heterocycles. The van der Waals surface area contributed by atoms with E-state index in [1.807, 2.05) is 0 Å². The van der Waals surface area contributed by atoms with Gasteiger partial charge in [0.2, 0.25) is 9.84 Å². The molecule has 1 N–H and O–H groups in total. The summed E-state index contributed by atoms with van der Waals surface area (Å²) in [5, 5.41) is 3.34. The molecule has 4 aliphatic carbocycles. The van der Waals surface area contributed by atoms with Crippen LogP contribution in [0.25, 0.3) is 0 Å². The van der Waals surface area contributed by atoms with E-state index in [0.717, 1.165) is 24.2 Å². The second kappa shape index (κ2) is 7.77. The van der Waals surface area contributed by atoms with Crippen LogP contribution in [-0.4, -0.2) is 20.4 Å². The van der Waals surface area contributed by atoms with Gasteiger partial charge in [-0.3, -0.25) is 4.79 Å². The van der Waals surface area contributed by atoms with E-state index in [0.29, 0.717) is 5.56 Å². The van der Waals surface area contributed by atoms with E-state index in [2.05, 4.69) is 12.2 Å². The van der Waals surface area contributed by atoms with Crippen LogP contribution in [0.5, 0.6) is 0 Å². The SMILES string of the molecule is CC[C@@H](NC(=O)c1ccc(S(=O)(=O)c2ccccc2)cc1)C12CC3CC(CC(C3)C1)C2. The molecular formula is C26H31NO3S. The summed E-state index contributed by atoms with van der Waals surface area (Å²) in [6, 6.07) is 15.0. The van der Waals surface area contributed by atoms with Gasteiger partial charge in [0.25, 0.3) is 5.91 Å². The highest BCUT2D eigenvalue weighted by molar-refractivity contribution is 7.91. The smallest absolute Gasteiger partial charge is 0.251 e. The third-order valence-corrected chi connectivity index (χ3v) is 9.80. The lowest BCUT2D eigenvalue weighted by molar-refractivity contribution is -0.0727. The maximum atomic E-state index is 13.1. The molecule has 0 heterocycles. The minimum atomic E-state index is -3.57. The molecule has 0 aromatic heterocycles. The number of hydrogen-bond acceptors (Lipinski definition) is 3. The average molecular weight is 438 g/mol. The number of sulfone groups is 1. The molecule has 0 aliphatic heterocycles. The van der Waals surface area contributed by atoms with Crippen molar-refractivity contribution in [2.24, 2.45) is 23.2 Å². The van der Waals surface area contributed by atoms with Crippen LogP contribution in [0, 0.1) is 23.2 Å². The van der Waals surface area contributed by atoms with Crippen LogP contribution < -0.4 is 5.32 Å². The summed E-state index contributed by atoms with van der Waals surface area (Å²) >= 11 is 0. The van der Waals surface area contributed by atoms with Gasteiger partial charge in [-0.2, -0.15) is 0 Å². The maximum Gasteiger partial charge on any atom is 0.251 e. The van der Waals surface area contributed by atoms with Crippen molar-refractivity contribution in [1.82, 2.24) is 5.32 Å². The molecule has 0 unspecified atom stereocenters. The molecule has 4 bridgehead atoms. The van der Waals surface area contributed by atoms with E-state index in [1.54, 1.807) is 54.6 Å². The van der Waals surface area contributed by atoms with Crippen molar-refractivity contribution in [3.8, 4) is 0 Å². The first kappa shape index (κ1) is 20.7. The molecule has 5 heteroatoms. The van der Waals surface area contributed by atoms with Crippen molar-refractivity contribution in [3.05, 3.63) is 60.2 Å². The van der Waals surface area contributed by atoms with Gasteiger partial charge in [0, 0.05) is 11.6 Å². The predicted octanol–water partition coefficient (Wildman–Crippen LogP) is 5.24. The molecule has 164 valence electrons. The van der Waals surface area contributed by atoms with E-state index >= 15 is 0 Å². The van der Waals surface area contributed by atoms with Crippen LogP contribution in [0.15, 0.2) is 64.4 Å². The number of carbonyl (C=O) groups is 1. The molecule has 1 atom stereocenters. The fourth-order valence-electron chi connectivity index (χ4n) is 7.06. The van der Waals surface area contributed by atoms with Crippen LogP contribution in [0.1, 0.15) is 62.2 Å². The number of amides is 1. The Morgan fingerprint density at radius 3 is 1.94 bits per heavy atom. The molecular weight excluding hydrogens is 406 g/mol. The van der Waals surface area contributed by atoms with E-state index < -0.39 is 9.84 Å². The summed E-state index contributed by atoms with van der Waals surface area (Å²) < 4.78 is 25.6. The normalized spacial score (nSPS) is 30.2. The Labute approximate surface area is 185 Å². The van der Waals surface area contributed by atoms with Gasteiger partial charge < -0.3 is 5.32 Å². The third kappa shape index (κ3) is 3.71. The Kier molecular flexibility index (Phi) is 5.20. The van der Waals surface area contributed by atoms with Crippen molar-refractivity contribution in [2.75, 3.05) is 0 Å². The fourth-order valence-corrected chi connectivity index (χ4v) is 8.34. The Bertz CT molecular complexity index is 1020. The summed E-state index contributed by atoms with van der Waals surface area (Å²) in [7, 11) is -3.57. The van der Waals surface area contributed by atoms with Crippen LogP contribution >= 0.6 is 0 Å². The van der Waals surface area contributed by atoms with Crippen molar-refractivity contribution in [2.45, 2.75) is 67.7 Å². The molecule has 31 heavy (non-hydrogen) atoms. The van der Waals surface area contributed by atoms with Crippen molar-refractivity contribution >= 4 is 15.7 Å². The summed E-state index contributed by atoms with van der Waals surface area (Å²) in [5.41, 5.74) is 0.783. The lowest BCUT2D eigenvalue weighted by Crippen LogP contribution is -2.56. The summed E-state index contributed by atoms with van der Waals surface area (Å²) in [5.74, 6) is 2.45. The Balaban J connectivity index is 1.32. The van der Waals surface area contributed by atoms with Gasteiger partial charge in [-0.1, -0.05) is 25.1 Å². The average Bonchev–Trinajstić information content (AvgIpc) is 2.77. The highest BCUT2D eigenvalue weighted by Crippen LogP contribution is 2.61. The van der Waals surface area contributed by atoms with Crippen molar-refractivity contribution < 1.29 is 13.2 Å². The highest BCUT2D eigenvalue weighted by atomic mass is 32.2. The summed E-state index contributed by atoms with van der Waals surface area (Å²) in [6.45, 7) is 2.18. The number of carbonyl (C=O) groups excluding carboxylic acids is 1. The van der Waals surface area contributed by atoms with Crippen LogP contribution in [0.2, 0.25) is 0 Å². The summed E-state index contributed by atoms with van der Waals surface area (Å²) in [4.78, 5) is 13.6. The van der Waals surface area contributed by atoms with Gasteiger partial charge in [0.15, 0.2) is 0 Å². The highest BCUT2D eigenvalue weighted by Gasteiger charge is 2.54. The first-order valence-corrected chi connectivity index (χ1v) is 13.1. The Morgan fingerprint density at radius 1 is 0.903 bits per heavy atom. The lowest BCUT2D eigenvalue weighted by Gasteiger charge is -2.59. The van der Waals surface area contributed by atoms with Crippen LogP contribution in [0.3, 0.4) is 0 Å². The van der Waals surface area contributed by atoms with E-state index in [4.69, 9.17) is 0 Å². The molecule has 4 nitrogen and oxygen atoms in total. The second-order valence-corrected chi connectivity index (χ2v) is 12.0. The minimum Gasteiger partial charge on any atom is -0.349 e. The molecule has 4 fully saturated rings. The monoisotopic (exact) mass is 437 g/mol. The molecule has 2 aromatic rings. The first-order chi connectivity index (χ1) is 14.9. The summed E-state index contributed by atoms with van der Waals surface area (Å²) in [6.07, 6.45) is 8.88. The van der Waals surface area contributed by atoms with Crippen molar-refractivity contribution in [1.29, 1.82) is 0 Å². The number of rotatable bonds is 6. The molecule has 4 aliphatic rings. The zero-order valence-electron chi connectivity index (χ0n) is 18.1. The molecule has 0 spiro atoms. The molecule has 6 rings (SSSR count). The first-order valence-electron chi connectivity index (χ1n) is 11.6. The standard InChI is InChI=1S/C26H31NO3S/c1-2-24(26-15-18-12-19(16-26)14-20(13-18)17-26)27-25(28)21-8-10-23(11-9-21)31(29,30)22-6-4-3-5-7-22/h3-11,18-20,24H,2,12-17H2,1H3,(H,27,28)/t18?,19?,20?,24-,26?/m1/s1. The molecule has 0 radical (unpaired) electrons. The zero-order valence-corrected chi connectivity index (χ0v) is 18.9. The Hall–Kier alpha value is -2.14. The van der Waals surface area contributed by atoms with E-state index in [9.17, 15) is 13.2 Å². The number of hydrogen-bond donors (Lipinski definition) is 1. The van der Waals surface area contributed by atoms with E-state index in [1.165, 1.54) is 38.5 Å². The topological polar surface area (TPSA) is 63.2 Å². The van der Waals surface area contributed by atoms with Gasteiger partial charge in [-0.25, -0.2) is 8.42 Å². The van der Waals surface area contributed by atoms with Gasteiger partial charge in [0.1, 0.15) is 0 Å². The quantitative estimate of drug-likeness (QED) is 0.672. The minimum absolute atomic E-state index is 0.0914. The number of nitrogens with one attached hydrogen (secondary N) is 1. The van der Waals surface area contributed by atoms with Gasteiger partial charge in [-0.15, -0.1) is 0 Å². The van der Waals surface area contributed by atoms with Gasteiger partial charge >= 0.3 is 0 Å². The molecule has 4 saturated carbocycles. The lowest BCUT2D eigenvalue weighted by atomic mass is 9.47. The Morgan fingerprint density at radius 2 is 1.42 bits per heavy atom. The molecule has 2 aromatic carbocycles. The van der Waals surface area contributed by atoms with Crippen LogP contribution in [0.4, 0.5) is 0 Å².